The van der Waals surface area contributed by atoms with E-state index in [0.717, 1.165) is 30.6 Å². The van der Waals surface area contributed by atoms with Crippen LogP contribution in [0.2, 0.25) is 0 Å². The Morgan fingerprint density at radius 2 is 1.57 bits per heavy atom. The molecule has 5 rings (SSSR count). The van der Waals surface area contributed by atoms with E-state index in [4.69, 9.17) is 0 Å². The molecule has 3 amide bonds. The van der Waals surface area contributed by atoms with Crippen LogP contribution in [0.3, 0.4) is 0 Å². The standard InChI is InChI=1S/C30H44FN7O4S2/c1-22-4-10-25(11-5-22)38(26-12-14-36(15-13-26)28(39)23-6-8-24(31)9-7-23)30(40)33-29-32-20-27(43-29)21-35-16-18-37(19-17-35)44(41,42)34(2)3/h6-9,20,22,25-26H,4-5,10-19,21H2,1-3H3,(H,32,33,40). The summed E-state index contributed by atoms with van der Waals surface area (Å²) >= 11 is 1.45. The Morgan fingerprint density at radius 1 is 0.955 bits per heavy atom. The Morgan fingerprint density at radius 3 is 2.18 bits per heavy atom. The molecule has 0 spiro atoms. The third-order valence-electron chi connectivity index (χ3n) is 9.12. The van der Waals surface area contributed by atoms with Crippen molar-refractivity contribution in [1.29, 1.82) is 0 Å². The molecule has 1 aromatic carbocycles. The number of aromatic nitrogens is 1. The number of halogens is 1. The highest BCUT2D eigenvalue weighted by Gasteiger charge is 2.36. The molecule has 2 saturated heterocycles. The van der Waals surface area contributed by atoms with Crippen LogP contribution >= 0.6 is 11.3 Å². The number of piperidine rings is 1. The molecule has 242 valence electrons. The fraction of sp³-hybridized carbons (Fsp3) is 0.633. The number of piperazine rings is 1. The van der Waals surface area contributed by atoms with Gasteiger partial charge in [-0.3, -0.25) is 15.0 Å². The second kappa shape index (κ2) is 14.2. The highest BCUT2D eigenvalue weighted by Crippen LogP contribution is 2.32. The molecule has 11 nitrogen and oxygen atoms in total. The smallest absolute Gasteiger partial charge is 0.324 e. The van der Waals surface area contributed by atoms with Crippen LogP contribution < -0.4 is 5.32 Å². The molecule has 1 aromatic heterocycles. The summed E-state index contributed by atoms with van der Waals surface area (Å²) in [5, 5.41) is 3.63. The predicted molar refractivity (Wildman–Crippen MR) is 169 cm³/mol. The molecule has 3 aliphatic rings. The zero-order chi connectivity index (χ0) is 31.4. The summed E-state index contributed by atoms with van der Waals surface area (Å²) < 4.78 is 40.9. The van der Waals surface area contributed by atoms with Crippen molar-refractivity contribution in [2.24, 2.45) is 5.92 Å². The second-order valence-corrected chi connectivity index (χ2v) is 15.6. The van der Waals surface area contributed by atoms with Crippen molar-refractivity contribution in [2.75, 3.05) is 58.7 Å². The molecule has 1 saturated carbocycles. The van der Waals surface area contributed by atoms with Gasteiger partial charge in [-0.25, -0.2) is 14.2 Å². The summed E-state index contributed by atoms with van der Waals surface area (Å²) in [4.78, 5) is 38.4. The highest BCUT2D eigenvalue weighted by molar-refractivity contribution is 7.86. The first-order valence-electron chi connectivity index (χ1n) is 15.5. The first kappa shape index (κ1) is 32.7. The van der Waals surface area contributed by atoms with Crippen molar-refractivity contribution in [2.45, 2.75) is 64.1 Å². The number of likely N-dealkylation sites (tertiary alicyclic amines) is 1. The lowest BCUT2D eigenvalue weighted by atomic mass is 9.85. The zero-order valence-corrected chi connectivity index (χ0v) is 27.5. The Balaban J connectivity index is 1.19. The second-order valence-electron chi connectivity index (χ2n) is 12.4. The van der Waals surface area contributed by atoms with Crippen molar-refractivity contribution < 1.29 is 22.4 Å². The molecule has 1 N–H and O–H groups in total. The number of carbonyl (C=O) groups is 2. The van der Waals surface area contributed by atoms with Gasteiger partial charge < -0.3 is 9.80 Å². The number of carbonyl (C=O) groups excluding carboxylic acids is 2. The quantitative estimate of drug-likeness (QED) is 0.465. The minimum Gasteiger partial charge on any atom is -0.338 e. The lowest BCUT2D eigenvalue weighted by Gasteiger charge is -2.44. The lowest BCUT2D eigenvalue weighted by Crippen LogP contribution is -2.54. The molecule has 0 bridgehead atoms. The molecule has 0 unspecified atom stereocenters. The van der Waals surface area contributed by atoms with Gasteiger partial charge in [0.25, 0.3) is 16.1 Å². The maximum Gasteiger partial charge on any atom is 0.324 e. The summed E-state index contributed by atoms with van der Waals surface area (Å²) in [6.45, 7) is 6.12. The van der Waals surface area contributed by atoms with E-state index >= 15 is 0 Å². The van der Waals surface area contributed by atoms with E-state index in [9.17, 15) is 22.4 Å². The topological polar surface area (TPSA) is 109 Å². The molecular formula is C30H44FN7O4S2. The monoisotopic (exact) mass is 649 g/mol. The number of hydrogen-bond donors (Lipinski definition) is 1. The number of nitrogens with one attached hydrogen (secondary N) is 1. The summed E-state index contributed by atoms with van der Waals surface area (Å²) in [7, 11) is -0.318. The molecule has 2 aromatic rings. The van der Waals surface area contributed by atoms with Crippen LogP contribution in [0.4, 0.5) is 14.3 Å². The molecule has 3 fully saturated rings. The van der Waals surface area contributed by atoms with Crippen LogP contribution in [0, 0.1) is 11.7 Å². The number of hydrogen-bond acceptors (Lipinski definition) is 7. The molecule has 14 heteroatoms. The first-order chi connectivity index (χ1) is 21.0. The number of nitrogens with zero attached hydrogens (tertiary/aromatic N) is 6. The van der Waals surface area contributed by atoms with Gasteiger partial charge >= 0.3 is 6.03 Å². The van der Waals surface area contributed by atoms with Crippen LogP contribution in [0.5, 0.6) is 0 Å². The van der Waals surface area contributed by atoms with Gasteiger partial charge in [0, 0.05) is 88.6 Å². The molecule has 3 heterocycles. The van der Waals surface area contributed by atoms with E-state index in [1.165, 1.54) is 44.2 Å². The van der Waals surface area contributed by atoms with E-state index in [2.05, 4.69) is 22.1 Å². The number of anilines is 1. The van der Waals surface area contributed by atoms with E-state index in [0.29, 0.717) is 75.3 Å². The Kier molecular flexibility index (Phi) is 10.6. The molecule has 2 aliphatic heterocycles. The lowest BCUT2D eigenvalue weighted by molar-refractivity contribution is 0.0580. The van der Waals surface area contributed by atoms with Gasteiger partial charge in [0.15, 0.2) is 5.13 Å². The van der Waals surface area contributed by atoms with Gasteiger partial charge in [-0.05, 0) is 68.7 Å². The van der Waals surface area contributed by atoms with Crippen LogP contribution in [0.25, 0.3) is 0 Å². The molecule has 1 aliphatic carbocycles. The number of benzene rings is 1. The average molecular weight is 650 g/mol. The summed E-state index contributed by atoms with van der Waals surface area (Å²) in [5.74, 6) is 0.173. The third kappa shape index (κ3) is 7.76. The van der Waals surface area contributed by atoms with Crippen molar-refractivity contribution >= 4 is 38.6 Å². The summed E-state index contributed by atoms with van der Waals surface area (Å²) in [6, 6.07) is 5.66. The average Bonchev–Trinajstić information content (AvgIpc) is 3.45. The number of urea groups is 1. The van der Waals surface area contributed by atoms with Gasteiger partial charge in [0.1, 0.15) is 5.82 Å². The molecule has 0 atom stereocenters. The van der Waals surface area contributed by atoms with Gasteiger partial charge in [-0.15, -0.1) is 11.3 Å². The fourth-order valence-corrected chi connectivity index (χ4v) is 8.37. The van der Waals surface area contributed by atoms with Crippen LogP contribution in [0.1, 0.15) is 60.7 Å². The largest absolute Gasteiger partial charge is 0.338 e. The fourth-order valence-electron chi connectivity index (χ4n) is 6.44. The SMILES string of the molecule is CC1CCC(N(C(=O)Nc2ncc(CN3CCN(S(=O)(=O)N(C)C)CC3)s2)C2CCN(C(=O)c3ccc(F)cc3)CC2)CC1. The van der Waals surface area contributed by atoms with Crippen LogP contribution in [-0.2, 0) is 16.8 Å². The Hall–Kier alpha value is -2.65. The highest BCUT2D eigenvalue weighted by atomic mass is 32.2. The van der Waals surface area contributed by atoms with E-state index in [1.54, 1.807) is 25.2 Å². The predicted octanol–water partition coefficient (Wildman–Crippen LogP) is 3.92. The van der Waals surface area contributed by atoms with Crippen molar-refractivity contribution in [3.63, 3.8) is 0 Å². The van der Waals surface area contributed by atoms with E-state index in [1.807, 2.05) is 4.90 Å². The maximum atomic E-state index is 13.8. The molecular weight excluding hydrogens is 606 g/mol. The number of amides is 3. The Labute approximate surface area is 264 Å². The normalized spacial score (nSPS) is 22.7. The summed E-state index contributed by atoms with van der Waals surface area (Å²) in [5.41, 5.74) is 0.473. The van der Waals surface area contributed by atoms with Gasteiger partial charge in [-0.1, -0.05) is 6.92 Å². The van der Waals surface area contributed by atoms with Gasteiger partial charge in [0.2, 0.25) is 0 Å². The number of thiazole rings is 1. The first-order valence-corrected chi connectivity index (χ1v) is 17.7. The van der Waals surface area contributed by atoms with Crippen LogP contribution in [0.15, 0.2) is 30.5 Å². The molecule has 44 heavy (non-hydrogen) atoms. The zero-order valence-electron chi connectivity index (χ0n) is 25.8. The Bertz CT molecular complexity index is 1380. The van der Waals surface area contributed by atoms with E-state index < -0.39 is 10.2 Å². The van der Waals surface area contributed by atoms with Crippen LogP contribution in [-0.4, -0.2) is 114 Å². The minimum absolute atomic E-state index is 0.0137. The minimum atomic E-state index is -3.41. The van der Waals surface area contributed by atoms with E-state index in [-0.39, 0.29) is 29.8 Å². The molecule has 0 radical (unpaired) electrons. The van der Waals surface area contributed by atoms with Gasteiger partial charge in [-0.2, -0.15) is 17.0 Å². The van der Waals surface area contributed by atoms with Crippen molar-refractivity contribution in [3.05, 3.63) is 46.7 Å². The third-order valence-corrected chi connectivity index (χ3v) is 12.0. The van der Waals surface area contributed by atoms with Gasteiger partial charge in [0.05, 0.1) is 0 Å². The van der Waals surface area contributed by atoms with Crippen molar-refractivity contribution in [1.82, 2.24) is 28.3 Å². The van der Waals surface area contributed by atoms with Crippen molar-refractivity contribution in [3.8, 4) is 0 Å². The number of rotatable bonds is 8. The summed E-state index contributed by atoms with van der Waals surface area (Å²) in [6.07, 6.45) is 7.25. The maximum absolute atomic E-state index is 13.8.